The molecule has 0 unspecified atom stereocenters. The zero-order valence-corrected chi connectivity index (χ0v) is 22.1. The lowest BCUT2D eigenvalue weighted by Crippen LogP contribution is -2.37. The molecule has 36 heavy (non-hydrogen) atoms. The standard InChI is InChI=1S/C26H34N4O5S/c1-28(2)13-14-29(25(31)22-10-6-5-7-11-22)19-23-18-27-26(30(23)15-16-34-3)36(32,33)20-21-9-8-12-24(17-21)35-4/h5-12,17-18H,13-16,19-20H2,1-4H3. The van der Waals surface area contributed by atoms with E-state index in [0.29, 0.717) is 48.8 Å². The van der Waals surface area contributed by atoms with Crippen molar-refractivity contribution >= 4 is 15.7 Å². The molecule has 3 aromatic rings. The second kappa shape index (κ2) is 12.7. The molecular weight excluding hydrogens is 480 g/mol. The Morgan fingerprint density at radius 2 is 1.78 bits per heavy atom. The predicted molar refractivity (Wildman–Crippen MR) is 138 cm³/mol. The summed E-state index contributed by atoms with van der Waals surface area (Å²) in [5.74, 6) is 0.237. The molecule has 0 bridgehead atoms. The van der Waals surface area contributed by atoms with Gasteiger partial charge in [0.25, 0.3) is 5.91 Å². The number of aromatic nitrogens is 2. The lowest BCUT2D eigenvalue weighted by Gasteiger charge is -2.25. The summed E-state index contributed by atoms with van der Waals surface area (Å²) in [6.45, 7) is 1.94. The summed E-state index contributed by atoms with van der Waals surface area (Å²) in [5, 5.41) is -0.0444. The minimum absolute atomic E-state index is 0.0444. The Morgan fingerprint density at radius 1 is 1.03 bits per heavy atom. The SMILES string of the molecule is COCCn1c(CN(CCN(C)C)C(=O)c2ccccc2)cnc1S(=O)(=O)Cc1cccc(OC)c1. The van der Waals surface area contributed by atoms with Gasteiger partial charge in [0, 0.05) is 32.3 Å². The van der Waals surface area contributed by atoms with E-state index >= 15 is 0 Å². The summed E-state index contributed by atoms with van der Waals surface area (Å²) in [7, 11) is 3.20. The molecule has 0 aliphatic heterocycles. The van der Waals surface area contributed by atoms with Crippen LogP contribution >= 0.6 is 0 Å². The molecule has 9 nitrogen and oxygen atoms in total. The van der Waals surface area contributed by atoms with Gasteiger partial charge in [-0.05, 0) is 43.9 Å². The first-order chi connectivity index (χ1) is 17.2. The van der Waals surface area contributed by atoms with Crippen molar-refractivity contribution in [3.05, 3.63) is 77.6 Å². The lowest BCUT2D eigenvalue weighted by molar-refractivity contribution is 0.0726. The Balaban J connectivity index is 1.93. The Bertz CT molecular complexity index is 1240. The fraction of sp³-hybridized carbons (Fsp3) is 0.385. The van der Waals surface area contributed by atoms with Crippen LogP contribution in [0.3, 0.4) is 0 Å². The van der Waals surface area contributed by atoms with Gasteiger partial charge in [0.1, 0.15) is 5.75 Å². The molecule has 3 rings (SSSR count). The van der Waals surface area contributed by atoms with Crippen LogP contribution in [0.15, 0.2) is 66.0 Å². The Labute approximate surface area is 213 Å². The number of rotatable bonds is 13. The van der Waals surface area contributed by atoms with Crippen LogP contribution in [0.25, 0.3) is 0 Å². The first-order valence-electron chi connectivity index (χ1n) is 11.6. The number of hydrogen-bond acceptors (Lipinski definition) is 7. The van der Waals surface area contributed by atoms with E-state index in [0.717, 1.165) is 0 Å². The molecule has 0 spiro atoms. The largest absolute Gasteiger partial charge is 0.497 e. The van der Waals surface area contributed by atoms with E-state index < -0.39 is 9.84 Å². The number of benzene rings is 2. The molecular formula is C26H34N4O5S. The van der Waals surface area contributed by atoms with Crippen LogP contribution in [0, 0.1) is 0 Å². The van der Waals surface area contributed by atoms with Crippen molar-refractivity contribution in [1.82, 2.24) is 19.4 Å². The number of hydrogen-bond donors (Lipinski definition) is 0. The highest BCUT2D eigenvalue weighted by atomic mass is 32.2. The number of nitrogens with zero attached hydrogens (tertiary/aromatic N) is 4. The van der Waals surface area contributed by atoms with Crippen LogP contribution in [0.1, 0.15) is 21.6 Å². The Morgan fingerprint density at radius 3 is 2.44 bits per heavy atom. The number of likely N-dealkylation sites (N-methyl/N-ethyl adjacent to an activating group) is 1. The van der Waals surface area contributed by atoms with Crippen molar-refractivity contribution in [2.24, 2.45) is 0 Å². The minimum atomic E-state index is -3.78. The van der Waals surface area contributed by atoms with Crippen molar-refractivity contribution in [2.75, 3.05) is 48.0 Å². The third-order valence-electron chi connectivity index (χ3n) is 5.67. The maximum absolute atomic E-state index is 13.4. The highest BCUT2D eigenvalue weighted by Crippen LogP contribution is 2.21. The third kappa shape index (κ3) is 7.16. The third-order valence-corrected chi connectivity index (χ3v) is 7.26. The van der Waals surface area contributed by atoms with E-state index in [-0.39, 0.29) is 23.4 Å². The first kappa shape index (κ1) is 27.4. The summed E-state index contributed by atoms with van der Waals surface area (Å²) in [6, 6.07) is 16.0. The normalized spacial score (nSPS) is 11.6. The van der Waals surface area contributed by atoms with Crippen LogP contribution in [0.5, 0.6) is 5.75 Å². The molecule has 10 heteroatoms. The summed E-state index contributed by atoms with van der Waals surface area (Å²) >= 11 is 0. The number of carbonyl (C=O) groups excluding carboxylic acids is 1. The predicted octanol–water partition coefficient (Wildman–Crippen LogP) is 2.72. The zero-order valence-electron chi connectivity index (χ0n) is 21.3. The summed E-state index contributed by atoms with van der Waals surface area (Å²) < 4.78 is 38.9. The van der Waals surface area contributed by atoms with Gasteiger partial charge in [-0.3, -0.25) is 4.79 Å². The van der Waals surface area contributed by atoms with Gasteiger partial charge in [-0.25, -0.2) is 13.4 Å². The van der Waals surface area contributed by atoms with E-state index in [1.807, 2.05) is 37.2 Å². The lowest BCUT2D eigenvalue weighted by atomic mass is 10.2. The number of ether oxygens (including phenoxy) is 2. The molecule has 1 heterocycles. The average Bonchev–Trinajstić information content (AvgIpc) is 3.28. The van der Waals surface area contributed by atoms with Crippen molar-refractivity contribution in [3.8, 4) is 5.75 Å². The monoisotopic (exact) mass is 514 g/mol. The highest BCUT2D eigenvalue weighted by Gasteiger charge is 2.26. The van der Waals surface area contributed by atoms with Crippen LogP contribution in [0.2, 0.25) is 0 Å². The minimum Gasteiger partial charge on any atom is -0.497 e. The van der Waals surface area contributed by atoms with Crippen molar-refractivity contribution < 1.29 is 22.7 Å². The molecule has 194 valence electrons. The molecule has 0 saturated heterocycles. The van der Waals surface area contributed by atoms with E-state index in [2.05, 4.69) is 4.98 Å². The molecule has 0 aliphatic carbocycles. The van der Waals surface area contributed by atoms with Crippen molar-refractivity contribution in [3.63, 3.8) is 0 Å². The van der Waals surface area contributed by atoms with Gasteiger partial charge in [0.2, 0.25) is 15.0 Å². The molecule has 2 aromatic carbocycles. The summed E-state index contributed by atoms with van der Waals surface area (Å²) in [5.41, 5.74) is 1.80. The van der Waals surface area contributed by atoms with Crippen molar-refractivity contribution in [1.29, 1.82) is 0 Å². The average molecular weight is 515 g/mol. The molecule has 1 amide bonds. The smallest absolute Gasteiger partial charge is 0.254 e. The number of amides is 1. The van der Waals surface area contributed by atoms with E-state index in [4.69, 9.17) is 9.47 Å². The molecule has 0 N–H and O–H groups in total. The fourth-order valence-electron chi connectivity index (χ4n) is 3.77. The van der Waals surface area contributed by atoms with Gasteiger partial charge in [-0.1, -0.05) is 30.3 Å². The Hall–Kier alpha value is -3.21. The van der Waals surface area contributed by atoms with Gasteiger partial charge < -0.3 is 23.8 Å². The van der Waals surface area contributed by atoms with Crippen molar-refractivity contribution in [2.45, 2.75) is 24.0 Å². The van der Waals surface area contributed by atoms with E-state index in [9.17, 15) is 13.2 Å². The molecule has 0 fully saturated rings. The van der Waals surface area contributed by atoms with Crippen LogP contribution < -0.4 is 4.74 Å². The van der Waals surface area contributed by atoms with Crippen LogP contribution in [0.4, 0.5) is 0 Å². The molecule has 0 aliphatic rings. The van der Waals surface area contributed by atoms with Gasteiger partial charge in [-0.15, -0.1) is 0 Å². The zero-order chi connectivity index (χ0) is 26.1. The number of imidazole rings is 1. The molecule has 0 saturated carbocycles. The quantitative estimate of drug-likeness (QED) is 0.346. The first-order valence-corrected chi connectivity index (χ1v) is 13.3. The van der Waals surface area contributed by atoms with E-state index in [1.165, 1.54) is 13.3 Å². The highest BCUT2D eigenvalue weighted by molar-refractivity contribution is 7.90. The molecule has 1 aromatic heterocycles. The number of methoxy groups -OCH3 is 2. The maximum atomic E-state index is 13.4. The van der Waals surface area contributed by atoms with Crippen LogP contribution in [-0.4, -0.2) is 81.7 Å². The molecule has 0 radical (unpaired) electrons. The van der Waals surface area contributed by atoms with Gasteiger partial charge in [-0.2, -0.15) is 0 Å². The van der Waals surface area contributed by atoms with Gasteiger partial charge in [0.15, 0.2) is 0 Å². The number of sulfone groups is 1. The summed E-state index contributed by atoms with van der Waals surface area (Å²) in [6.07, 6.45) is 1.54. The Kier molecular flexibility index (Phi) is 9.63. The molecule has 0 atom stereocenters. The van der Waals surface area contributed by atoms with Gasteiger partial charge >= 0.3 is 0 Å². The second-order valence-corrected chi connectivity index (χ2v) is 10.6. The number of carbonyl (C=O) groups is 1. The second-order valence-electron chi connectivity index (χ2n) is 8.68. The van der Waals surface area contributed by atoms with E-state index in [1.54, 1.807) is 53.0 Å². The summed E-state index contributed by atoms with van der Waals surface area (Å²) in [4.78, 5) is 21.3. The fourth-order valence-corrected chi connectivity index (χ4v) is 5.27. The van der Waals surface area contributed by atoms with Crippen LogP contribution in [-0.2, 0) is 33.4 Å². The topological polar surface area (TPSA) is 94.0 Å². The van der Waals surface area contributed by atoms with Gasteiger partial charge in [0.05, 0.1) is 37.9 Å². The maximum Gasteiger partial charge on any atom is 0.254 e.